The van der Waals surface area contributed by atoms with Gasteiger partial charge in [0.15, 0.2) is 0 Å². The largest absolute Gasteiger partial charge is 0.489 e. The van der Waals surface area contributed by atoms with E-state index < -0.39 is 12.2 Å². The Hall–Kier alpha value is -2.38. The lowest BCUT2D eigenvalue weighted by molar-refractivity contribution is 0.0112. The molecule has 6 nitrogen and oxygen atoms in total. The van der Waals surface area contributed by atoms with Crippen molar-refractivity contribution in [1.29, 1.82) is 0 Å². The predicted molar refractivity (Wildman–Crippen MR) is 150 cm³/mol. The summed E-state index contributed by atoms with van der Waals surface area (Å²) in [4.78, 5) is 0. The van der Waals surface area contributed by atoms with Gasteiger partial charge in [-0.2, -0.15) is 0 Å². The van der Waals surface area contributed by atoms with Crippen LogP contribution >= 0.6 is 0 Å². The molecule has 3 rings (SSSR count). The van der Waals surface area contributed by atoms with Gasteiger partial charge in [-0.3, -0.25) is 0 Å². The molecule has 0 aliphatic rings. The highest BCUT2D eigenvalue weighted by Crippen LogP contribution is 2.43. The maximum atomic E-state index is 10.5. The van der Waals surface area contributed by atoms with Crippen LogP contribution in [0.25, 0.3) is 21.5 Å². The van der Waals surface area contributed by atoms with Crippen LogP contribution in [0.4, 0.5) is 0 Å². The molecule has 0 saturated carbocycles. The van der Waals surface area contributed by atoms with Crippen molar-refractivity contribution in [2.45, 2.75) is 71.5 Å². The third-order valence-corrected chi connectivity index (χ3v) is 6.33. The molecule has 37 heavy (non-hydrogen) atoms. The molecule has 0 bridgehead atoms. The molecular weight excluding hydrogens is 468 g/mol. The van der Waals surface area contributed by atoms with E-state index in [9.17, 15) is 10.2 Å². The number of benzene rings is 3. The van der Waals surface area contributed by atoms with Gasteiger partial charge in [-0.1, -0.05) is 81.5 Å². The third-order valence-electron chi connectivity index (χ3n) is 6.33. The summed E-state index contributed by atoms with van der Waals surface area (Å²) in [6.45, 7) is 8.41. The minimum absolute atomic E-state index is 0.134. The second-order valence-electron chi connectivity index (χ2n) is 9.75. The summed E-state index contributed by atoms with van der Waals surface area (Å²) < 4.78 is 23.7. The molecule has 0 heterocycles. The Labute approximate surface area is 221 Å². The number of aliphatic hydroxyl groups is 2. The summed E-state index contributed by atoms with van der Waals surface area (Å²) in [6, 6.07) is 14.1. The Kier molecular flexibility index (Phi) is 12.4. The lowest BCUT2D eigenvalue weighted by Gasteiger charge is -2.20. The average molecular weight is 513 g/mol. The molecule has 0 amide bonds. The monoisotopic (exact) mass is 512 g/mol. The fraction of sp³-hybridized carbons (Fsp3) is 0.548. The van der Waals surface area contributed by atoms with Crippen LogP contribution in [0.3, 0.4) is 0 Å². The first-order valence-electron chi connectivity index (χ1n) is 13.8. The molecule has 0 radical (unpaired) electrons. The number of aliphatic hydroxyl groups excluding tert-OH is 2. The molecule has 3 aromatic rings. The highest BCUT2D eigenvalue weighted by Gasteiger charge is 2.18. The number of rotatable bonds is 18. The molecule has 2 atom stereocenters. The fourth-order valence-corrected chi connectivity index (χ4v) is 4.33. The number of unbranched alkanes of at least 4 members (excludes halogenated alkanes) is 4. The highest BCUT2D eigenvalue weighted by atomic mass is 16.5. The van der Waals surface area contributed by atoms with Gasteiger partial charge in [0.05, 0.1) is 13.2 Å². The van der Waals surface area contributed by atoms with Crippen molar-refractivity contribution in [3.05, 3.63) is 48.0 Å². The molecule has 0 fully saturated rings. The van der Waals surface area contributed by atoms with Crippen molar-refractivity contribution in [1.82, 2.24) is 0 Å². The van der Waals surface area contributed by atoms with Crippen molar-refractivity contribution in [2.24, 2.45) is 0 Å². The topological polar surface area (TPSA) is 77.4 Å². The Morgan fingerprint density at radius 1 is 0.622 bits per heavy atom. The van der Waals surface area contributed by atoms with Crippen molar-refractivity contribution in [3.63, 3.8) is 0 Å². The lowest BCUT2D eigenvalue weighted by atomic mass is 9.99. The Bertz CT molecular complexity index is 1080. The van der Waals surface area contributed by atoms with E-state index in [1.54, 1.807) is 0 Å². The minimum atomic E-state index is -0.719. The van der Waals surface area contributed by atoms with Gasteiger partial charge in [0, 0.05) is 34.8 Å². The number of ether oxygens (including phenoxy) is 4. The first kappa shape index (κ1) is 29.2. The first-order valence-corrected chi connectivity index (χ1v) is 13.8. The molecule has 6 heteroatoms. The minimum Gasteiger partial charge on any atom is -0.489 e. The molecular formula is C31H44O6. The first-order chi connectivity index (χ1) is 18.0. The molecule has 2 N–H and O–H groups in total. The molecule has 0 aliphatic carbocycles. The second kappa shape index (κ2) is 15.8. The van der Waals surface area contributed by atoms with E-state index in [4.69, 9.17) is 18.9 Å². The zero-order valence-corrected chi connectivity index (χ0v) is 22.7. The molecule has 2 unspecified atom stereocenters. The van der Waals surface area contributed by atoms with Crippen LogP contribution in [0.15, 0.2) is 42.5 Å². The average Bonchev–Trinajstić information content (AvgIpc) is 2.90. The number of hydrogen-bond donors (Lipinski definition) is 2. The van der Waals surface area contributed by atoms with Gasteiger partial charge in [-0.05, 0) is 25.8 Å². The SMILES string of the molecule is CCCCCOCC(O)COc1c2ccccc2c(OCC(O)COCCCCC)c2cc(C)ccc12. The lowest BCUT2D eigenvalue weighted by Crippen LogP contribution is -2.24. The van der Waals surface area contributed by atoms with E-state index in [2.05, 4.69) is 19.9 Å². The van der Waals surface area contributed by atoms with Crippen molar-refractivity contribution < 1.29 is 29.2 Å². The zero-order chi connectivity index (χ0) is 26.5. The van der Waals surface area contributed by atoms with Crippen LogP contribution in [0, 0.1) is 6.92 Å². The van der Waals surface area contributed by atoms with Gasteiger partial charge in [-0.25, -0.2) is 0 Å². The van der Waals surface area contributed by atoms with E-state index in [0.29, 0.717) is 24.7 Å². The maximum absolute atomic E-state index is 10.5. The van der Waals surface area contributed by atoms with Crippen molar-refractivity contribution in [3.8, 4) is 11.5 Å². The molecule has 0 saturated heterocycles. The normalized spacial score (nSPS) is 13.2. The molecule has 0 aromatic heterocycles. The van der Waals surface area contributed by atoms with Crippen LogP contribution < -0.4 is 9.47 Å². The van der Waals surface area contributed by atoms with Crippen LogP contribution in [0.5, 0.6) is 11.5 Å². The van der Waals surface area contributed by atoms with E-state index >= 15 is 0 Å². The van der Waals surface area contributed by atoms with Crippen LogP contribution in [0.2, 0.25) is 0 Å². The summed E-state index contributed by atoms with van der Waals surface area (Å²) >= 11 is 0. The van der Waals surface area contributed by atoms with E-state index in [1.165, 1.54) is 0 Å². The number of hydrogen-bond acceptors (Lipinski definition) is 6. The van der Waals surface area contributed by atoms with Crippen LogP contribution in [-0.2, 0) is 9.47 Å². The summed E-state index contributed by atoms with van der Waals surface area (Å²) in [5.74, 6) is 1.43. The van der Waals surface area contributed by atoms with E-state index in [0.717, 1.165) is 65.6 Å². The van der Waals surface area contributed by atoms with Gasteiger partial charge >= 0.3 is 0 Å². The molecule has 0 spiro atoms. The number of aryl methyl sites for hydroxylation is 1. The second-order valence-corrected chi connectivity index (χ2v) is 9.75. The quantitative estimate of drug-likeness (QED) is 0.156. The summed E-state index contributed by atoms with van der Waals surface area (Å²) in [7, 11) is 0. The smallest absolute Gasteiger partial charge is 0.135 e. The van der Waals surface area contributed by atoms with Crippen LogP contribution in [0.1, 0.15) is 57.9 Å². The Morgan fingerprint density at radius 3 is 1.62 bits per heavy atom. The summed E-state index contributed by atoms with van der Waals surface area (Å²) in [6.07, 6.45) is 5.09. The predicted octanol–water partition coefficient (Wildman–Crippen LogP) is 6.19. The van der Waals surface area contributed by atoms with Gasteiger partial charge < -0.3 is 29.2 Å². The van der Waals surface area contributed by atoms with Gasteiger partial charge in [0.25, 0.3) is 0 Å². The van der Waals surface area contributed by atoms with Crippen molar-refractivity contribution >= 4 is 21.5 Å². The van der Waals surface area contributed by atoms with Crippen LogP contribution in [-0.4, -0.2) is 62.1 Å². The Morgan fingerprint density at radius 2 is 1.11 bits per heavy atom. The number of fused-ring (bicyclic) bond motifs is 2. The highest BCUT2D eigenvalue weighted by molar-refractivity contribution is 6.11. The standard InChI is InChI=1S/C31H44O6/c1-4-6-10-16-34-19-24(32)21-36-30-26-12-8-9-13-27(26)31(29-18-23(3)14-15-28(29)30)37-22-25(33)20-35-17-11-7-5-2/h8-9,12-15,18,24-25,32-33H,4-7,10-11,16-17,19-22H2,1-3H3. The zero-order valence-electron chi connectivity index (χ0n) is 22.7. The molecule has 3 aromatic carbocycles. The Balaban J connectivity index is 1.77. The fourth-order valence-electron chi connectivity index (χ4n) is 4.33. The maximum Gasteiger partial charge on any atom is 0.135 e. The van der Waals surface area contributed by atoms with Crippen molar-refractivity contribution in [2.75, 3.05) is 39.6 Å². The van der Waals surface area contributed by atoms with Gasteiger partial charge in [0.2, 0.25) is 0 Å². The molecule has 0 aliphatic heterocycles. The van der Waals surface area contributed by atoms with E-state index in [1.807, 2.05) is 43.3 Å². The van der Waals surface area contributed by atoms with Gasteiger partial charge in [0.1, 0.15) is 36.9 Å². The van der Waals surface area contributed by atoms with E-state index in [-0.39, 0.29) is 26.4 Å². The molecule has 204 valence electrons. The van der Waals surface area contributed by atoms with Gasteiger partial charge in [-0.15, -0.1) is 0 Å². The summed E-state index contributed by atoms with van der Waals surface area (Å²) in [5, 5.41) is 24.5. The summed E-state index contributed by atoms with van der Waals surface area (Å²) in [5.41, 5.74) is 1.10. The third kappa shape index (κ3) is 8.85.